The van der Waals surface area contributed by atoms with Crippen LogP contribution in [0.15, 0.2) is 24.3 Å². The molecule has 0 aliphatic carbocycles. The molecule has 1 aromatic carbocycles. The van der Waals surface area contributed by atoms with E-state index in [0.29, 0.717) is 16.5 Å². The van der Waals surface area contributed by atoms with Crippen molar-refractivity contribution in [2.24, 2.45) is 0 Å². The highest BCUT2D eigenvalue weighted by atomic mass is 32.2. The van der Waals surface area contributed by atoms with Crippen LogP contribution >= 0.6 is 11.8 Å². The molecule has 2 rings (SSSR count). The molecule has 2 nitrogen and oxygen atoms in total. The number of aromatic hydroxyl groups is 1. The summed E-state index contributed by atoms with van der Waals surface area (Å²) in [6, 6.07) is 7.81. The van der Waals surface area contributed by atoms with E-state index in [1.807, 2.05) is 12.1 Å². The monoisotopic (exact) mass is 251 g/mol. The van der Waals surface area contributed by atoms with E-state index in [0.717, 1.165) is 6.54 Å². The Labute approximate surface area is 108 Å². The number of phenolic OH excluding ortho intramolecular Hbond substituents is 1. The second-order valence-corrected chi connectivity index (χ2v) is 6.78. The molecule has 2 N–H and O–H groups in total. The Balaban J connectivity index is 1.88. The molecular formula is C14H21NOS. The molecule has 1 fully saturated rings. The fraction of sp³-hybridized carbons (Fsp3) is 0.571. The molecule has 1 aliphatic rings. The Kier molecular flexibility index (Phi) is 4.00. The Morgan fingerprint density at radius 3 is 2.71 bits per heavy atom. The van der Waals surface area contributed by atoms with Crippen LogP contribution in [0.2, 0.25) is 0 Å². The van der Waals surface area contributed by atoms with Gasteiger partial charge in [0.25, 0.3) is 0 Å². The van der Waals surface area contributed by atoms with Crippen molar-refractivity contribution in [3.05, 3.63) is 29.8 Å². The summed E-state index contributed by atoms with van der Waals surface area (Å²) < 4.78 is 0.408. The number of nitrogens with one attached hydrogen (secondary N) is 1. The minimum Gasteiger partial charge on any atom is -0.508 e. The van der Waals surface area contributed by atoms with Gasteiger partial charge in [-0.15, -0.1) is 0 Å². The van der Waals surface area contributed by atoms with E-state index in [9.17, 15) is 5.11 Å². The Morgan fingerprint density at radius 1 is 1.41 bits per heavy atom. The summed E-state index contributed by atoms with van der Waals surface area (Å²) in [7, 11) is 0. The van der Waals surface area contributed by atoms with Crippen molar-refractivity contribution in [2.45, 2.75) is 37.5 Å². The third kappa shape index (κ3) is 3.39. The third-order valence-corrected chi connectivity index (χ3v) is 5.01. The zero-order chi connectivity index (χ0) is 12.3. The number of phenols is 1. The van der Waals surface area contributed by atoms with Crippen LogP contribution in [0.25, 0.3) is 0 Å². The summed E-state index contributed by atoms with van der Waals surface area (Å²) in [5.41, 5.74) is 1.23. The lowest BCUT2D eigenvalue weighted by Gasteiger charge is -2.25. The van der Waals surface area contributed by atoms with Crippen LogP contribution in [0.4, 0.5) is 0 Å². The van der Waals surface area contributed by atoms with E-state index < -0.39 is 0 Å². The van der Waals surface area contributed by atoms with E-state index in [1.165, 1.54) is 24.2 Å². The molecule has 94 valence electrons. The molecular weight excluding hydrogens is 230 g/mol. The van der Waals surface area contributed by atoms with Gasteiger partial charge in [0.2, 0.25) is 0 Å². The Morgan fingerprint density at radius 2 is 2.12 bits per heavy atom. The minimum atomic E-state index is 0.333. The van der Waals surface area contributed by atoms with Gasteiger partial charge in [-0.3, -0.25) is 0 Å². The van der Waals surface area contributed by atoms with Crippen molar-refractivity contribution in [3.63, 3.8) is 0 Å². The molecule has 1 heterocycles. The maximum Gasteiger partial charge on any atom is 0.115 e. The fourth-order valence-electron chi connectivity index (χ4n) is 2.23. The first kappa shape index (κ1) is 12.8. The molecule has 17 heavy (non-hydrogen) atoms. The van der Waals surface area contributed by atoms with Gasteiger partial charge in [0.1, 0.15) is 5.75 Å². The van der Waals surface area contributed by atoms with Crippen molar-refractivity contribution in [1.29, 1.82) is 0 Å². The first-order valence-corrected chi connectivity index (χ1v) is 7.24. The van der Waals surface area contributed by atoms with Crippen molar-refractivity contribution in [1.82, 2.24) is 5.32 Å². The van der Waals surface area contributed by atoms with Gasteiger partial charge >= 0.3 is 0 Å². The summed E-state index contributed by atoms with van der Waals surface area (Å²) >= 11 is 2.08. The van der Waals surface area contributed by atoms with Crippen molar-refractivity contribution >= 4 is 11.8 Å². The van der Waals surface area contributed by atoms with Crippen molar-refractivity contribution < 1.29 is 5.11 Å². The zero-order valence-corrected chi connectivity index (χ0v) is 11.4. The van der Waals surface area contributed by atoms with E-state index in [2.05, 4.69) is 30.9 Å². The maximum absolute atomic E-state index is 9.26. The molecule has 3 heteroatoms. The highest BCUT2D eigenvalue weighted by Gasteiger charge is 2.29. The normalized spacial score (nSPS) is 26.0. The van der Waals surface area contributed by atoms with Crippen LogP contribution in [0.3, 0.4) is 0 Å². The lowest BCUT2D eigenvalue weighted by Crippen LogP contribution is -2.34. The molecule has 0 bridgehead atoms. The van der Waals surface area contributed by atoms with Gasteiger partial charge in [0.05, 0.1) is 0 Å². The standard InChI is InChI=1S/C14H21NOS/c1-11(12-4-6-13(16)7-5-12)15-10-14(2)8-3-9-17-14/h4-7,11,15-16H,3,8-10H2,1-2H3. The van der Waals surface area contributed by atoms with E-state index in [1.54, 1.807) is 12.1 Å². The topological polar surface area (TPSA) is 32.3 Å². The summed E-state index contributed by atoms with van der Waals surface area (Å²) in [4.78, 5) is 0. The van der Waals surface area contributed by atoms with Crippen LogP contribution in [-0.2, 0) is 0 Å². The highest BCUT2D eigenvalue weighted by molar-refractivity contribution is 8.00. The molecule has 0 aromatic heterocycles. The predicted molar refractivity (Wildman–Crippen MR) is 74.6 cm³/mol. The Bertz CT molecular complexity index is 357. The van der Waals surface area contributed by atoms with Crippen molar-refractivity contribution in [2.75, 3.05) is 12.3 Å². The fourth-order valence-corrected chi connectivity index (χ4v) is 3.48. The second-order valence-electron chi connectivity index (χ2n) is 5.10. The smallest absolute Gasteiger partial charge is 0.115 e. The number of thioether (sulfide) groups is 1. The first-order valence-electron chi connectivity index (χ1n) is 6.25. The highest BCUT2D eigenvalue weighted by Crippen LogP contribution is 2.37. The molecule has 0 amide bonds. The minimum absolute atomic E-state index is 0.333. The SMILES string of the molecule is CC(NCC1(C)CCCS1)c1ccc(O)cc1. The lowest BCUT2D eigenvalue weighted by molar-refractivity contribution is 0.472. The van der Waals surface area contributed by atoms with Gasteiger partial charge in [0, 0.05) is 17.3 Å². The van der Waals surface area contributed by atoms with E-state index in [4.69, 9.17) is 0 Å². The largest absolute Gasteiger partial charge is 0.508 e. The van der Waals surface area contributed by atoms with Gasteiger partial charge < -0.3 is 10.4 Å². The van der Waals surface area contributed by atoms with Crippen LogP contribution < -0.4 is 5.32 Å². The Hall–Kier alpha value is -0.670. The van der Waals surface area contributed by atoms with Crippen LogP contribution in [0.5, 0.6) is 5.75 Å². The number of hydrogen-bond donors (Lipinski definition) is 2. The number of rotatable bonds is 4. The summed E-state index contributed by atoms with van der Waals surface area (Å²) in [6.45, 7) is 5.58. The first-order chi connectivity index (χ1) is 8.09. The second kappa shape index (κ2) is 5.32. The van der Waals surface area contributed by atoms with Gasteiger partial charge in [-0.05, 0) is 50.1 Å². The quantitative estimate of drug-likeness (QED) is 0.861. The predicted octanol–water partition coefficient (Wildman–Crippen LogP) is 3.33. The number of hydrogen-bond acceptors (Lipinski definition) is 3. The van der Waals surface area contributed by atoms with E-state index >= 15 is 0 Å². The molecule has 0 saturated carbocycles. The number of benzene rings is 1. The average molecular weight is 251 g/mol. The molecule has 1 aromatic rings. The van der Waals surface area contributed by atoms with Crippen LogP contribution in [-0.4, -0.2) is 22.2 Å². The maximum atomic E-state index is 9.26. The molecule has 2 atom stereocenters. The van der Waals surface area contributed by atoms with Gasteiger partial charge in [0.15, 0.2) is 0 Å². The van der Waals surface area contributed by atoms with Gasteiger partial charge in [-0.2, -0.15) is 11.8 Å². The summed E-state index contributed by atoms with van der Waals surface area (Å²) in [6.07, 6.45) is 2.66. The zero-order valence-electron chi connectivity index (χ0n) is 10.6. The summed E-state index contributed by atoms with van der Waals surface area (Å²) in [5, 5.41) is 12.9. The van der Waals surface area contributed by atoms with Gasteiger partial charge in [-0.25, -0.2) is 0 Å². The van der Waals surface area contributed by atoms with Crippen molar-refractivity contribution in [3.8, 4) is 5.75 Å². The molecule has 1 aliphatic heterocycles. The van der Waals surface area contributed by atoms with E-state index in [-0.39, 0.29) is 0 Å². The molecule has 2 unspecified atom stereocenters. The van der Waals surface area contributed by atoms with Gasteiger partial charge in [-0.1, -0.05) is 12.1 Å². The molecule has 1 saturated heterocycles. The lowest BCUT2D eigenvalue weighted by atomic mass is 10.0. The van der Waals surface area contributed by atoms with Crippen LogP contribution in [0, 0.1) is 0 Å². The van der Waals surface area contributed by atoms with Crippen LogP contribution in [0.1, 0.15) is 38.3 Å². The molecule has 0 spiro atoms. The summed E-state index contributed by atoms with van der Waals surface area (Å²) in [5.74, 6) is 1.63. The third-order valence-electron chi connectivity index (χ3n) is 3.48. The molecule has 0 radical (unpaired) electrons. The average Bonchev–Trinajstić information content (AvgIpc) is 2.75.